The number of carbonyl (C=O) groups excluding carboxylic acids is 1. The Bertz CT molecular complexity index is 548. The van der Waals surface area contributed by atoms with E-state index in [0.717, 1.165) is 14.9 Å². The second-order valence-corrected chi connectivity index (χ2v) is 5.73. The number of carbonyl (C=O) groups is 1. The standard InChI is InChI=1S/C12H8BrClOS/c1-7-9(4-5-16-7)12(15)8-2-3-11(14)10(13)6-8/h2-6H,1H3. The van der Waals surface area contributed by atoms with E-state index in [0.29, 0.717) is 10.6 Å². The lowest BCUT2D eigenvalue weighted by atomic mass is 10.0. The van der Waals surface area contributed by atoms with Crippen molar-refractivity contribution in [2.75, 3.05) is 0 Å². The Kier molecular flexibility index (Phi) is 3.47. The summed E-state index contributed by atoms with van der Waals surface area (Å²) in [6.45, 7) is 1.95. The highest BCUT2D eigenvalue weighted by Crippen LogP contribution is 2.26. The van der Waals surface area contributed by atoms with Crippen LogP contribution in [-0.2, 0) is 0 Å². The van der Waals surface area contributed by atoms with E-state index in [9.17, 15) is 4.79 Å². The molecule has 0 saturated heterocycles. The lowest BCUT2D eigenvalue weighted by Gasteiger charge is -2.02. The first-order valence-corrected chi connectivity index (χ1v) is 6.68. The lowest BCUT2D eigenvalue weighted by molar-refractivity contribution is 0.103. The van der Waals surface area contributed by atoms with Crippen LogP contribution in [0.4, 0.5) is 0 Å². The van der Waals surface area contributed by atoms with Gasteiger partial charge in [0.15, 0.2) is 5.78 Å². The Morgan fingerprint density at radius 2 is 2.12 bits per heavy atom. The van der Waals surface area contributed by atoms with Crippen LogP contribution in [0.25, 0.3) is 0 Å². The van der Waals surface area contributed by atoms with Gasteiger partial charge >= 0.3 is 0 Å². The minimum Gasteiger partial charge on any atom is -0.289 e. The molecule has 82 valence electrons. The Morgan fingerprint density at radius 3 is 2.69 bits per heavy atom. The number of benzene rings is 1. The van der Waals surface area contributed by atoms with Gasteiger partial charge in [0.1, 0.15) is 0 Å². The van der Waals surface area contributed by atoms with Gasteiger partial charge in [-0.25, -0.2) is 0 Å². The monoisotopic (exact) mass is 314 g/mol. The molecule has 16 heavy (non-hydrogen) atoms. The topological polar surface area (TPSA) is 17.1 Å². The van der Waals surface area contributed by atoms with Crippen LogP contribution in [0.2, 0.25) is 5.02 Å². The number of halogens is 2. The van der Waals surface area contributed by atoms with Gasteiger partial charge in [-0.3, -0.25) is 4.79 Å². The van der Waals surface area contributed by atoms with E-state index in [-0.39, 0.29) is 5.78 Å². The van der Waals surface area contributed by atoms with Gasteiger partial charge in [0, 0.05) is 20.5 Å². The van der Waals surface area contributed by atoms with Crippen LogP contribution in [0.5, 0.6) is 0 Å². The molecule has 0 bridgehead atoms. The fourth-order valence-electron chi connectivity index (χ4n) is 1.41. The first-order chi connectivity index (χ1) is 7.59. The molecular formula is C12H8BrClOS. The van der Waals surface area contributed by atoms with Crippen molar-refractivity contribution in [3.8, 4) is 0 Å². The number of rotatable bonds is 2. The van der Waals surface area contributed by atoms with Gasteiger partial charge in [0.2, 0.25) is 0 Å². The predicted molar refractivity (Wildman–Crippen MR) is 71.6 cm³/mol. The van der Waals surface area contributed by atoms with Crippen molar-refractivity contribution in [3.63, 3.8) is 0 Å². The van der Waals surface area contributed by atoms with E-state index in [1.54, 1.807) is 29.5 Å². The van der Waals surface area contributed by atoms with E-state index in [1.165, 1.54) is 0 Å². The quantitative estimate of drug-likeness (QED) is 0.734. The van der Waals surface area contributed by atoms with Gasteiger partial charge < -0.3 is 0 Å². The van der Waals surface area contributed by atoms with E-state index < -0.39 is 0 Å². The third-order valence-electron chi connectivity index (χ3n) is 2.29. The molecule has 0 aliphatic heterocycles. The van der Waals surface area contributed by atoms with Crippen LogP contribution < -0.4 is 0 Å². The van der Waals surface area contributed by atoms with Crippen molar-refractivity contribution in [1.82, 2.24) is 0 Å². The summed E-state index contributed by atoms with van der Waals surface area (Å²) in [5.41, 5.74) is 1.41. The maximum atomic E-state index is 12.1. The van der Waals surface area contributed by atoms with Crippen LogP contribution in [0.3, 0.4) is 0 Å². The molecule has 0 atom stereocenters. The zero-order valence-corrected chi connectivity index (χ0v) is 11.6. The molecule has 0 amide bonds. The van der Waals surface area contributed by atoms with E-state index >= 15 is 0 Å². The average molecular weight is 316 g/mol. The summed E-state index contributed by atoms with van der Waals surface area (Å²) in [4.78, 5) is 13.2. The molecule has 1 nitrogen and oxygen atoms in total. The van der Waals surface area contributed by atoms with Crippen LogP contribution in [0.15, 0.2) is 34.1 Å². The van der Waals surface area contributed by atoms with Gasteiger partial charge in [0.05, 0.1) is 5.02 Å². The Hall–Kier alpha value is -0.640. The molecule has 2 rings (SSSR count). The minimum atomic E-state index is 0.0381. The van der Waals surface area contributed by atoms with E-state index in [1.807, 2.05) is 18.4 Å². The summed E-state index contributed by atoms with van der Waals surface area (Å²) in [6.07, 6.45) is 0. The molecular weight excluding hydrogens is 308 g/mol. The molecule has 0 fully saturated rings. The maximum Gasteiger partial charge on any atom is 0.194 e. The van der Waals surface area contributed by atoms with Crippen molar-refractivity contribution in [2.45, 2.75) is 6.92 Å². The summed E-state index contributed by atoms with van der Waals surface area (Å²) in [5, 5.41) is 2.53. The smallest absolute Gasteiger partial charge is 0.194 e. The number of hydrogen-bond acceptors (Lipinski definition) is 2. The summed E-state index contributed by atoms with van der Waals surface area (Å²) in [7, 11) is 0. The molecule has 1 aromatic heterocycles. The summed E-state index contributed by atoms with van der Waals surface area (Å²) in [5.74, 6) is 0.0381. The SMILES string of the molecule is Cc1sccc1C(=O)c1ccc(Cl)c(Br)c1. The number of aryl methyl sites for hydroxylation is 1. The maximum absolute atomic E-state index is 12.1. The summed E-state index contributed by atoms with van der Waals surface area (Å²) >= 11 is 10.8. The first-order valence-electron chi connectivity index (χ1n) is 4.63. The van der Waals surface area contributed by atoms with Crippen LogP contribution >= 0.6 is 38.9 Å². The van der Waals surface area contributed by atoms with E-state index in [4.69, 9.17) is 11.6 Å². The zero-order chi connectivity index (χ0) is 11.7. The first kappa shape index (κ1) is 11.8. The number of hydrogen-bond donors (Lipinski definition) is 0. The van der Waals surface area contributed by atoms with E-state index in [2.05, 4.69) is 15.9 Å². The van der Waals surface area contributed by atoms with Crippen molar-refractivity contribution >= 4 is 44.7 Å². The zero-order valence-electron chi connectivity index (χ0n) is 8.46. The molecule has 0 N–H and O–H groups in total. The van der Waals surface area contributed by atoms with Gasteiger partial charge in [-0.05, 0) is 52.5 Å². The highest BCUT2D eigenvalue weighted by molar-refractivity contribution is 9.10. The molecule has 0 spiro atoms. The van der Waals surface area contributed by atoms with Crippen molar-refractivity contribution in [3.05, 3.63) is 55.1 Å². The van der Waals surface area contributed by atoms with Crippen molar-refractivity contribution in [2.24, 2.45) is 0 Å². The van der Waals surface area contributed by atoms with Gasteiger partial charge in [-0.2, -0.15) is 0 Å². The Balaban J connectivity index is 2.42. The molecule has 0 unspecified atom stereocenters. The molecule has 1 heterocycles. The highest BCUT2D eigenvalue weighted by atomic mass is 79.9. The summed E-state index contributed by atoms with van der Waals surface area (Å²) < 4.78 is 0.743. The minimum absolute atomic E-state index is 0.0381. The molecule has 1 aromatic carbocycles. The molecule has 0 saturated carbocycles. The second kappa shape index (κ2) is 4.70. The Labute approximate surface area is 111 Å². The summed E-state index contributed by atoms with van der Waals surface area (Å²) in [6, 6.07) is 7.07. The lowest BCUT2D eigenvalue weighted by Crippen LogP contribution is -2.01. The van der Waals surface area contributed by atoms with Gasteiger partial charge in [-0.15, -0.1) is 11.3 Å². The van der Waals surface area contributed by atoms with Crippen LogP contribution in [-0.4, -0.2) is 5.78 Å². The second-order valence-electron chi connectivity index (χ2n) is 3.35. The number of thiophene rings is 1. The average Bonchev–Trinajstić information content (AvgIpc) is 2.67. The third kappa shape index (κ3) is 2.21. The van der Waals surface area contributed by atoms with Crippen molar-refractivity contribution in [1.29, 1.82) is 0 Å². The fourth-order valence-corrected chi connectivity index (χ4v) is 2.61. The fraction of sp³-hybridized carbons (Fsp3) is 0.0833. The highest BCUT2D eigenvalue weighted by Gasteiger charge is 2.13. The third-order valence-corrected chi connectivity index (χ3v) is 4.34. The molecule has 4 heteroatoms. The predicted octanol–water partition coefficient (Wildman–Crippen LogP) is 4.70. The normalized spacial score (nSPS) is 10.4. The van der Waals surface area contributed by atoms with Crippen molar-refractivity contribution < 1.29 is 4.79 Å². The van der Waals surface area contributed by atoms with Crippen LogP contribution in [0.1, 0.15) is 20.8 Å². The van der Waals surface area contributed by atoms with Crippen LogP contribution in [0, 0.1) is 6.92 Å². The molecule has 0 aliphatic carbocycles. The molecule has 0 radical (unpaired) electrons. The molecule has 2 aromatic rings. The largest absolute Gasteiger partial charge is 0.289 e. The van der Waals surface area contributed by atoms with Gasteiger partial charge in [0.25, 0.3) is 0 Å². The Morgan fingerprint density at radius 1 is 1.38 bits per heavy atom. The molecule has 0 aliphatic rings. The number of ketones is 1. The van der Waals surface area contributed by atoms with Gasteiger partial charge in [-0.1, -0.05) is 11.6 Å².